The van der Waals surface area contributed by atoms with E-state index in [4.69, 9.17) is 39.8 Å². The zero-order valence-corrected chi connectivity index (χ0v) is 28.3. The van der Waals surface area contributed by atoms with Gasteiger partial charge >= 0.3 is 0 Å². The number of aliphatic imine (C=N–C) groups is 1. The molecule has 0 fully saturated rings. The lowest BCUT2D eigenvalue weighted by Crippen LogP contribution is -2.20. The molecule has 0 bridgehead atoms. The Balaban J connectivity index is 1.41. The molecule has 0 N–H and O–H groups in total. The zero-order chi connectivity index (χ0) is 32.4. The summed E-state index contributed by atoms with van der Waals surface area (Å²) < 4.78 is 1.74. The number of allylic oxidation sites excluding steroid dienone is 2. The number of benzene rings is 3. The molecular formula is C36H27Cl3N6S. The number of nitriles is 1. The largest absolute Gasteiger partial charge is 0.221 e. The van der Waals surface area contributed by atoms with E-state index < -0.39 is 0 Å². The summed E-state index contributed by atoms with van der Waals surface area (Å²) in [5.41, 5.74) is 5.79. The fourth-order valence-electron chi connectivity index (χ4n) is 5.33. The lowest BCUT2D eigenvalue weighted by molar-refractivity contribution is 0.531. The van der Waals surface area contributed by atoms with Crippen LogP contribution in [0.25, 0.3) is 17.8 Å². The van der Waals surface area contributed by atoms with Crippen molar-refractivity contribution in [1.29, 1.82) is 5.26 Å². The molecule has 1 aliphatic carbocycles. The summed E-state index contributed by atoms with van der Waals surface area (Å²) in [4.78, 5) is 5.97. The molecule has 2 heterocycles. The Bertz CT molecular complexity index is 2110. The van der Waals surface area contributed by atoms with Gasteiger partial charge in [0.1, 0.15) is 21.9 Å². The van der Waals surface area contributed by atoms with E-state index in [-0.39, 0.29) is 11.3 Å². The van der Waals surface area contributed by atoms with E-state index in [9.17, 15) is 5.26 Å². The van der Waals surface area contributed by atoms with Crippen molar-refractivity contribution in [3.63, 3.8) is 0 Å². The van der Waals surface area contributed by atoms with Crippen LogP contribution in [0, 0.1) is 18.3 Å². The van der Waals surface area contributed by atoms with Crippen molar-refractivity contribution in [2.45, 2.75) is 32.6 Å². The summed E-state index contributed by atoms with van der Waals surface area (Å²) in [6.07, 6.45) is 6.89. The molecule has 6 rings (SSSR count). The minimum Gasteiger partial charge on any atom is -0.221 e. The van der Waals surface area contributed by atoms with Gasteiger partial charge in [0.15, 0.2) is 5.84 Å². The molecule has 0 saturated heterocycles. The molecule has 0 saturated carbocycles. The molecule has 46 heavy (non-hydrogen) atoms. The zero-order valence-electron chi connectivity index (χ0n) is 25.2. The second-order valence-corrected chi connectivity index (χ2v) is 13.5. The average molecular weight is 682 g/mol. The van der Waals surface area contributed by atoms with Crippen LogP contribution >= 0.6 is 46.1 Å². The molecule has 228 valence electrons. The maximum absolute atomic E-state index is 10.4. The van der Waals surface area contributed by atoms with Gasteiger partial charge < -0.3 is 0 Å². The second-order valence-electron chi connectivity index (χ2n) is 11.4. The standard InChI is InChI=1S/C36H27Cl3N6S/c1-22-25(33(39)45(44-22)24-11-5-4-6-12-24)18-17-23-19-27-28(21-40)35(46-32(27)36(2,3)20-23)41-34(26-13-7-8-14-29(26)37)43-42-31-16-10-9-15-30(31)38/h4-19H,20H2,1-3H3/b18-17-,41-34+,43-42?. The lowest BCUT2D eigenvalue weighted by atomic mass is 9.77. The summed E-state index contributed by atoms with van der Waals surface area (Å²) in [5, 5.41) is 25.9. The maximum atomic E-state index is 10.4. The van der Waals surface area contributed by atoms with Gasteiger partial charge in [-0.05, 0) is 67.5 Å². The van der Waals surface area contributed by atoms with Crippen LogP contribution in [0.2, 0.25) is 15.2 Å². The van der Waals surface area contributed by atoms with E-state index in [1.807, 2.05) is 73.7 Å². The number of amidine groups is 1. The number of azo groups is 1. The van der Waals surface area contributed by atoms with Gasteiger partial charge in [0, 0.05) is 27.0 Å². The van der Waals surface area contributed by atoms with Crippen molar-refractivity contribution < 1.29 is 0 Å². The predicted octanol–water partition coefficient (Wildman–Crippen LogP) is 11.7. The third kappa shape index (κ3) is 6.35. The lowest BCUT2D eigenvalue weighted by Gasteiger charge is -2.29. The van der Waals surface area contributed by atoms with Crippen LogP contribution in [0.5, 0.6) is 0 Å². The molecule has 6 nitrogen and oxygen atoms in total. The van der Waals surface area contributed by atoms with Crippen molar-refractivity contribution in [3.05, 3.63) is 139 Å². The highest BCUT2D eigenvalue weighted by Gasteiger charge is 2.33. The third-order valence-corrected chi connectivity index (χ3v) is 10.0. The van der Waals surface area contributed by atoms with Crippen LogP contribution in [0.3, 0.4) is 0 Å². The number of para-hydroxylation sites is 1. The van der Waals surface area contributed by atoms with Gasteiger partial charge in [0.05, 0.1) is 27.0 Å². The molecule has 3 aromatic carbocycles. The number of rotatable bonds is 6. The van der Waals surface area contributed by atoms with Crippen LogP contribution in [0.4, 0.5) is 10.7 Å². The number of aromatic nitrogens is 2. The van der Waals surface area contributed by atoms with Gasteiger partial charge in [-0.15, -0.1) is 21.6 Å². The molecule has 0 aliphatic heterocycles. The van der Waals surface area contributed by atoms with E-state index in [1.54, 1.807) is 22.9 Å². The Morgan fingerprint density at radius 2 is 1.65 bits per heavy atom. The molecule has 0 radical (unpaired) electrons. The van der Waals surface area contributed by atoms with E-state index in [0.29, 0.717) is 37.0 Å². The fraction of sp³-hybridized carbons (Fsp3) is 0.139. The van der Waals surface area contributed by atoms with Crippen LogP contribution in [0.15, 0.2) is 106 Å². The quantitative estimate of drug-likeness (QED) is 0.102. The normalized spacial score (nSPS) is 14.5. The highest BCUT2D eigenvalue weighted by Crippen LogP contribution is 2.49. The first-order valence-electron chi connectivity index (χ1n) is 14.4. The minimum absolute atomic E-state index is 0.259. The number of hydrogen-bond donors (Lipinski definition) is 0. The minimum atomic E-state index is -0.259. The number of aryl methyl sites for hydroxylation is 1. The number of thiophene rings is 1. The molecule has 1 aliphatic rings. The molecule has 2 aromatic heterocycles. The van der Waals surface area contributed by atoms with Gasteiger partial charge in [-0.3, -0.25) is 0 Å². The molecule has 0 atom stereocenters. The number of nitrogens with zero attached hydrogens (tertiary/aromatic N) is 6. The average Bonchev–Trinajstić information content (AvgIpc) is 3.55. The SMILES string of the molecule is Cc1nn(-c2ccccc2)c(Cl)c1/C=C\C1=Cc2c(sc(/N=C(/N=Nc3ccccc3Cl)c3ccccc3Cl)c2C#N)C(C)(C)C1. The molecule has 5 aromatic rings. The smallest absolute Gasteiger partial charge is 0.184 e. The first-order valence-corrected chi connectivity index (χ1v) is 16.4. The van der Waals surface area contributed by atoms with Gasteiger partial charge in [0.25, 0.3) is 0 Å². The van der Waals surface area contributed by atoms with E-state index in [2.05, 4.69) is 47.4 Å². The van der Waals surface area contributed by atoms with E-state index in [1.165, 1.54) is 11.3 Å². The van der Waals surface area contributed by atoms with E-state index in [0.717, 1.165) is 39.4 Å². The Kier molecular flexibility index (Phi) is 9.08. The number of hydrogen-bond acceptors (Lipinski definition) is 5. The third-order valence-electron chi connectivity index (χ3n) is 7.57. The Morgan fingerprint density at radius 1 is 0.957 bits per heavy atom. The summed E-state index contributed by atoms with van der Waals surface area (Å²) >= 11 is 21.2. The summed E-state index contributed by atoms with van der Waals surface area (Å²) in [6, 6.07) is 26.7. The van der Waals surface area contributed by atoms with Gasteiger partial charge in [-0.1, -0.05) is 97.2 Å². The van der Waals surface area contributed by atoms with Crippen molar-refractivity contribution >= 4 is 74.8 Å². The monoisotopic (exact) mass is 680 g/mol. The fourth-order valence-corrected chi connectivity index (χ4v) is 7.26. The van der Waals surface area contributed by atoms with Crippen molar-refractivity contribution in [2.24, 2.45) is 15.2 Å². The first kappa shape index (κ1) is 31.7. The van der Waals surface area contributed by atoms with Crippen molar-refractivity contribution in [3.8, 4) is 11.8 Å². The summed E-state index contributed by atoms with van der Waals surface area (Å²) in [7, 11) is 0. The van der Waals surface area contributed by atoms with Crippen LogP contribution in [-0.2, 0) is 5.41 Å². The summed E-state index contributed by atoms with van der Waals surface area (Å²) in [5.74, 6) is 0.281. The molecule has 0 amide bonds. The Hall–Kier alpha value is -4.32. The molecule has 0 spiro atoms. The highest BCUT2D eigenvalue weighted by molar-refractivity contribution is 7.16. The van der Waals surface area contributed by atoms with Crippen molar-refractivity contribution in [2.75, 3.05) is 0 Å². The molecular weight excluding hydrogens is 655 g/mol. The first-order chi connectivity index (χ1) is 22.2. The van der Waals surface area contributed by atoms with E-state index >= 15 is 0 Å². The van der Waals surface area contributed by atoms with Gasteiger partial charge in [0.2, 0.25) is 0 Å². The van der Waals surface area contributed by atoms with Crippen LogP contribution in [0.1, 0.15) is 53.1 Å². The molecule has 0 unspecified atom stereocenters. The topological polar surface area (TPSA) is 78.7 Å². The van der Waals surface area contributed by atoms with Gasteiger partial charge in [-0.2, -0.15) is 10.4 Å². The Labute approximate surface area is 286 Å². The van der Waals surface area contributed by atoms with Gasteiger partial charge in [-0.25, -0.2) is 9.67 Å². The van der Waals surface area contributed by atoms with Crippen molar-refractivity contribution in [1.82, 2.24) is 9.78 Å². The number of fused-ring (bicyclic) bond motifs is 1. The number of halogens is 3. The maximum Gasteiger partial charge on any atom is 0.184 e. The second kappa shape index (κ2) is 13.2. The summed E-state index contributed by atoms with van der Waals surface area (Å²) in [6.45, 7) is 6.30. The predicted molar refractivity (Wildman–Crippen MR) is 191 cm³/mol. The van der Waals surface area contributed by atoms with Crippen LogP contribution in [-0.4, -0.2) is 15.6 Å². The molecule has 10 heteroatoms. The Morgan fingerprint density at radius 3 is 2.37 bits per heavy atom. The highest BCUT2D eigenvalue weighted by atomic mass is 35.5. The van der Waals surface area contributed by atoms with Crippen LogP contribution < -0.4 is 0 Å².